The number of nitrogens with zero attached hydrogens (tertiary/aromatic N) is 2. The first-order valence-electron chi connectivity index (χ1n) is 6.42. The molecule has 0 bridgehead atoms. The second-order valence-electron chi connectivity index (χ2n) is 4.65. The van der Waals surface area contributed by atoms with Crippen LogP contribution >= 0.6 is 11.3 Å². The Morgan fingerprint density at radius 3 is 3.17 bits per heavy atom. The Labute approximate surface area is 111 Å². The van der Waals surface area contributed by atoms with Crippen molar-refractivity contribution in [3.8, 4) is 0 Å². The second-order valence-corrected chi connectivity index (χ2v) is 5.77. The van der Waals surface area contributed by atoms with E-state index in [4.69, 9.17) is 4.98 Å². The maximum atomic E-state index is 4.78. The predicted octanol–water partition coefficient (Wildman–Crippen LogP) is 2.73. The van der Waals surface area contributed by atoms with E-state index in [1.807, 2.05) is 36.7 Å². The summed E-state index contributed by atoms with van der Waals surface area (Å²) in [7, 11) is 2.04. The van der Waals surface area contributed by atoms with E-state index >= 15 is 0 Å². The Balaban J connectivity index is 1.84. The van der Waals surface area contributed by atoms with Crippen LogP contribution in [0.5, 0.6) is 0 Å². The van der Waals surface area contributed by atoms with Crippen LogP contribution in [0.1, 0.15) is 40.2 Å². The monoisotopic (exact) mass is 259 g/mol. The number of hydrogen-bond donors (Lipinski definition) is 1. The SMILES string of the molecule is CNC1CCCc2nc(Cc3ccccn3)sc21. The molecule has 1 atom stereocenters. The highest BCUT2D eigenvalue weighted by Crippen LogP contribution is 2.34. The van der Waals surface area contributed by atoms with Crippen LogP contribution in [0.25, 0.3) is 0 Å². The zero-order valence-corrected chi connectivity index (χ0v) is 11.3. The molecule has 4 heteroatoms. The lowest BCUT2D eigenvalue weighted by molar-refractivity contribution is 0.501. The number of thiazole rings is 1. The van der Waals surface area contributed by atoms with Crippen LogP contribution in [-0.4, -0.2) is 17.0 Å². The molecule has 0 saturated heterocycles. The Bertz CT molecular complexity index is 521. The first kappa shape index (κ1) is 11.8. The maximum Gasteiger partial charge on any atom is 0.0991 e. The fourth-order valence-electron chi connectivity index (χ4n) is 2.48. The largest absolute Gasteiger partial charge is 0.312 e. The van der Waals surface area contributed by atoms with Gasteiger partial charge in [-0.3, -0.25) is 4.98 Å². The zero-order chi connectivity index (χ0) is 12.4. The molecule has 0 aliphatic heterocycles. The van der Waals surface area contributed by atoms with E-state index in [0.717, 1.165) is 18.5 Å². The normalized spacial score (nSPS) is 18.6. The second kappa shape index (κ2) is 5.16. The highest BCUT2D eigenvalue weighted by molar-refractivity contribution is 7.11. The van der Waals surface area contributed by atoms with E-state index in [-0.39, 0.29) is 0 Å². The number of rotatable bonds is 3. The summed E-state index contributed by atoms with van der Waals surface area (Å²) < 4.78 is 0. The minimum absolute atomic E-state index is 0.503. The van der Waals surface area contributed by atoms with E-state index in [1.165, 1.54) is 28.4 Å². The smallest absolute Gasteiger partial charge is 0.0991 e. The van der Waals surface area contributed by atoms with Crippen LogP contribution in [0.2, 0.25) is 0 Å². The lowest BCUT2D eigenvalue weighted by Crippen LogP contribution is -2.19. The summed E-state index contributed by atoms with van der Waals surface area (Å²) >= 11 is 1.85. The number of aromatic nitrogens is 2. The fourth-order valence-corrected chi connectivity index (χ4v) is 3.75. The molecule has 2 heterocycles. The Morgan fingerprint density at radius 2 is 2.39 bits per heavy atom. The number of fused-ring (bicyclic) bond motifs is 1. The molecule has 1 unspecified atom stereocenters. The van der Waals surface area contributed by atoms with Crippen molar-refractivity contribution in [2.24, 2.45) is 0 Å². The third-order valence-corrected chi connectivity index (χ3v) is 4.61. The third kappa shape index (κ3) is 2.31. The van der Waals surface area contributed by atoms with Gasteiger partial charge in [-0.15, -0.1) is 11.3 Å². The molecule has 1 N–H and O–H groups in total. The average molecular weight is 259 g/mol. The quantitative estimate of drug-likeness (QED) is 0.921. The van der Waals surface area contributed by atoms with Gasteiger partial charge in [0.1, 0.15) is 0 Å². The van der Waals surface area contributed by atoms with Crippen molar-refractivity contribution in [3.63, 3.8) is 0 Å². The first-order chi connectivity index (χ1) is 8.86. The Kier molecular flexibility index (Phi) is 3.39. The highest BCUT2D eigenvalue weighted by Gasteiger charge is 2.23. The van der Waals surface area contributed by atoms with Gasteiger partial charge in [-0.05, 0) is 38.4 Å². The van der Waals surface area contributed by atoms with Crippen LogP contribution in [0, 0.1) is 0 Å². The van der Waals surface area contributed by atoms with Crippen molar-refractivity contribution < 1.29 is 0 Å². The summed E-state index contributed by atoms with van der Waals surface area (Å²) in [4.78, 5) is 10.6. The van der Waals surface area contributed by atoms with Gasteiger partial charge in [0.15, 0.2) is 0 Å². The van der Waals surface area contributed by atoms with E-state index in [1.54, 1.807) is 0 Å². The van der Waals surface area contributed by atoms with Crippen LogP contribution in [0.4, 0.5) is 0 Å². The molecule has 1 aliphatic rings. The minimum Gasteiger partial charge on any atom is -0.312 e. The molecule has 0 spiro atoms. The van der Waals surface area contributed by atoms with Gasteiger partial charge in [-0.1, -0.05) is 6.07 Å². The van der Waals surface area contributed by atoms with Crippen molar-refractivity contribution in [2.45, 2.75) is 31.7 Å². The number of aryl methyl sites for hydroxylation is 1. The van der Waals surface area contributed by atoms with Crippen molar-refractivity contribution in [3.05, 3.63) is 45.7 Å². The molecule has 3 nitrogen and oxygen atoms in total. The van der Waals surface area contributed by atoms with E-state index in [2.05, 4.69) is 16.4 Å². The Morgan fingerprint density at radius 1 is 1.44 bits per heavy atom. The standard InChI is InChI=1S/C14H17N3S/c1-15-11-6-4-7-12-14(11)18-13(17-12)9-10-5-2-3-8-16-10/h2-3,5,8,11,15H,4,6-7,9H2,1H3. The summed E-state index contributed by atoms with van der Waals surface area (Å²) in [6, 6.07) is 6.55. The summed E-state index contributed by atoms with van der Waals surface area (Å²) in [5.74, 6) is 0. The average Bonchev–Trinajstić information content (AvgIpc) is 2.82. The Hall–Kier alpha value is -1.26. The van der Waals surface area contributed by atoms with Gasteiger partial charge in [0.25, 0.3) is 0 Å². The molecular formula is C14H17N3S. The summed E-state index contributed by atoms with van der Waals surface area (Å²) in [5.41, 5.74) is 2.40. The van der Waals surface area contributed by atoms with Gasteiger partial charge < -0.3 is 5.32 Å². The van der Waals surface area contributed by atoms with Crippen molar-refractivity contribution >= 4 is 11.3 Å². The molecule has 1 aliphatic carbocycles. The van der Waals surface area contributed by atoms with Gasteiger partial charge in [0.2, 0.25) is 0 Å². The van der Waals surface area contributed by atoms with Crippen LogP contribution < -0.4 is 5.32 Å². The van der Waals surface area contributed by atoms with Gasteiger partial charge in [-0.25, -0.2) is 4.98 Å². The van der Waals surface area contributed by atoms with Gasteiger partial charge in [-0.2, -0.15) is 0 Å². The predicted molar refractivity (Wildman–Crippen MR) is 73.9 cm³/mol. The third-order valence-electron chi connectivity index (χ3n) is 3.40. The minimum atomic E-state index is 0.503. The maximum absolute atomic E-state index is 4.78. The van der Waals surface area contributed by atoms with Gasteiger partial charge in [0, 0.05) is 29.2 Å². The zero-order valence-electron chi connectivity index (χ0n) is 10.5. The summed E-state index contributed by atoms with van der Waals surface area (Å²) in [5, 5.41) is 4.59. The molecule has 2 aromatic heterocycles. The van der Waals surface area contributed by atoms with Crippen LogP contribution in [0.3, 0.4) is 0 Å². The van der Waals surface area contributed by atoms with Crippen LogP contribution in [0.15, 0.2) is 24.4 Å². The fraction of sp³-hybridized carbons (Fsp3) is 0.429. The van der Waals surface area contributed by atoms with Crippen molar-refractivity contribution in [1.82, 2.24) is 15.3 Å². The first-order valence-corrected chi connectivity index (χ1v) is 7.24. The molecule has 0 saturated carbocycles. The van der Waals surface area contributed by atoms with Gasteiger partial charge in [0.05, 0.1) is 10.7 Å². The highest BCUT2D eigenvalue weighted by atomic mass is 32.1. The molecule has 0 aromatic carbocycles. The molecule has 18 heavy (non-hydrogen) atoms. The molecular weight excluding hydrogens is 242 g/mol. The molecule has 94 valence electrons. The van der Waals surface area contributed by atoms with Crippen LogP contribution in [-0.2, 0) is 12.8 Å². The lowest BCUT2D eigenvalue weighted by atomic mass is 9.98. The topological polar surface area (TPSA) is 37.8 Å². The summed E-state index contributed by atoms with van der Waals surface area (Å²) in [6.07, 6.45) is 6.31. The number of hydrogen-bond acceptors (Lipinski definition) is 4. The van der Waals surface area contributed by atoms with E-state index in [9.17, 15) is 0 Å². The van der Waals surface area contributed by atoms with Crippen molar-refractivity contribution in [2.75, 3.05) is 7.05 Å². The lowest BCUT2D eigenvalue weighted by Gasteiger charge is -2.20. The molecule has 2 aromatic rings. The number of pyridine rings is 1. The van der Waals surface area contributed by atoms with E-state index in [0.29, 0.717) is 6.04 Å². The molecule has 3 rings (SSSR count). The molecule has 0 radical (unpaired) electrons. The number of nitrogens with one attached hydrogen (secondary N) is 1. The van der Waals surface area contributed by atoms with Crippen molar-refractivity contribution in [1.29, 1.82) is 0 Å². The van der Waals surface area contributed by atoms with E-state index < -0.39 is 0 Å². The van der Waals surface area contributed by atoms with Gasteiger partial charge >= 0.3 is 0 Å². The molecule has 0 fully saturated rings. The summed E-state index contributed by atoms with van der Waals surface area (Å²) in [6.45, 7) is 0. The molecule has 0 amide bonds.